The Morgan fingerprint density at radius 2 is 2.37 bits per heavy atom. The minimum absolute atomic E-state index is 0.0223. The molecule has 106 valence electrons. The van der Waals surface area contributed by atoms with Crippen molar-refractivity contribution in [3.8, 4) is 0 Å². The molecular weight excluding hydrogens is 268 g/mol. The summed E-state index contributed by atoms with van der Waals surface area (Å²) in [6, 6.07) is -0.333. The van der Waals surface area contributed by atoms with E-state index in [-0.39, 0.29) is 23.5 Å². The predicted molar refractivity (Wildman–Crippen MR) is 71.7 cm³/mol. The lowest BCUT2D eigenvalue weighted by molar-refractivity contribution is 0.250. The molecule has 0 saturated carbocycles. The van der Waals surface area contributed by atoms with E-state index in [9.17, 15) is 13.2 Å². The van der Waals surface area contributed by atoms with Crippen molar-refractivity contribution in [2.45, 2.75) is 19.9 Å². The third-order valence-corrected chi connectivity index (χ3v) is 4.93. The summed E-state index contributed by atoms with van der Waals surface area (Å²) in [5.74, 6) is 0.416. The van der Waals surface area contributed by atoms with Gasteiger partial charge in [0.05, 0.1) is 23.4 Å². The van der Waals surface area contributed by atoms with Gasteiger partial charge in [-0.3, -0.25) is 4.68 Å². The van der Waals surface area contributed by atoms with Crippen LogP contribution >= 0.6 is 0 Å². The fourth-order valence-corrected chi connectivity index (χ4v) is 3.91. The molecule has 1 aliphatic heterocycles. The van der Waals surface area contributed by atoms with Gasteiger partial charge < -0.3 is 10.6 Å². The highest BCUT2D eigenvalue weighted by molar-refractivity contribution is 7.91. The van der Waals surface area contributed by atoms with Crippen LogP contribution in [0, 0.1) is 5.92 Å². The topological polar surface area (TPSA) is 93.1 Å². The lowest BCUT2D eigenvalue weighted by Crippen LogP contribution is -2.33. The monoisotopic (exact) mass is 286 g/mol. The van der Waals surface area contributed by atoms with Crippen LogP contribution in [0.5, 0.6) is 0 Å². The van der Waals surface area contributed by atoms with Crippen LogP contribution in [0.25, 0.3) is 0 Å². The largest absolute Gasteiger partial charge is 0.338 e. The molecule has 0 aromatic carbocycles. The summed E-state index contributed by atoms with van der Waals surface area (Å²) in [6.07, 6.45) is 3.93. The first-order valence-electron chi connectivity index (χ1n) is 6.26. The Hall–Kier alpha value is -1.57. The van der Waals surface area contributed by atoms with Crippen molar-refractivity contribution in [2.24, 2.45) is 5.92 Å². The van der Waals surface area contributed by atoms with E-state index in [4.69, 9.17) is 0 Å². The van der Waals surface area contributed by atoms with E-state index in [1.54, 1.807) is 17.1 Å². The summed E-state index contributed by atoms with van der Waals surface area (Å²) in [7, 11) is -2.89. The van der Waals surface area contributed by atoms with Crippen LogP contribution in [0.2, 0.25) is 0 Å². The Morgan fingerprint density at radius 1 is 1.58 bits per heavy atom. The maximum absolute atomic E-state index is 11.6. The Morgan fingerprint density at radius 3 is 2.95 bits per heavy atom. The molecule has 0 radical (unpaired) electrons. The van der Waals surface area contributed by atoms with E-state index in [1.165, 1.54) is 0 Å². The Labute approximate surface area is 112 Å². The summed E-state index contributed by atoms with van der Waals surface area (Å²) < 4.78 is 24.3. The number of aromatic nitrogens is 2. The highest BCUT2D eigenvalue weighted by atomic mass is 32.2. The molecule has 2 N–H and O–H groups in total. The van der Waals surface area contributed by atoms with E-state index >= 15 is 0 Å². The molecule has 0 spiro atoms. The second-order valence-corrected chi connectivity index (χ2v) is 6.92. The number of anilines is 1. The van der Waals surface area contributed by atoms with Gasteiger partial charge in [-0.1, -0.05) is 0 Å². The standard InChI is InChI=1S/C11H18N4O3S/c1-2-15-7-10(6-13-15)14-11(16)12-5-9-3-4-19(17,18)8-9/h6-7,9H,2-5,8H2,1H3,(H2,12,14,16). The third kappa shape index (κ3) is 3.95. The van der Waals surface area contributed by atoms with Gasteiger partial charge in [-0.2, -0.15) is 5.10 Å². The summed E-state index contributed by atoms with van der Waals surface area (Å²) in [4.78, 5) is 11.6. The zero-order chi connectivity index (χ0) is 13.9. The van der Waals surface area contributed by atoms with Crippen LogP contribution in [-0.2, 0) is 16.4 Å². The minimum Gasteiger partial charge on any atom is -0.338 e. The first-order chi connectivity index (χ1) is 8.98. The quantitative estimate of drug-likeness (QED) is 0.841. The first-order valence-corrected chi connectivity index (χ1v) is 8.08. The second-order valence-electron chi connectivity index (χ2n) is 4.69. The van der Waals surface area contributed by atoms with E-state index in [0.717, 1.165) is 6.54 Å². The second kappa shape index (κ2) is 5.60. The Bertz CT molecular complexity index is 552. The van der Waals surface area contributed by atoms with Gasteiger partial charge in [-0.15, -0.1) is 0 Å². The fourth-order valence-electron chi connectivity index (χ4n) is 2.05. The van der Waals surface area contributed by atoms with Crippen molar-refractivity contribution in [1.82, 2.24) is 15.1 Å². The molecule has 1 aromatic heterocycles. The number of carbonyl (C=O) groups is 1. The molecule has 2 rings (SSSR count). The fraction of sp³-hybridized carbons (Fsp3) is 0.636. The Kier molecular flexibility index (Phi) is 4.08. The van der Waals surface area contributed by atoms with Gasteiger partial charge in [-0.05, 0) is 19.3 Å². The number of carbonyl (C=O) groups excluding carboxylic acids is 1. The molecular formula is C11H18N4O3S. The summed E-state index contributed by atoms with van der Waals surface area (Å²) in [5.41, 5.74) is 0.624. The predicted octanol–water partition coefficient (Wildman–Crippen LogP) is 0.459. The third-order valence-electron chi connectivity index (χ3n) is 3.09. The van der Waals surface area contributed by atoms with Crippen molar-refractivity contribution in [3.05, 3.63) is 12.4 Å². The average molecular weight is 286 g/mol. The number of amides is 2. The number of sulfone groups is 1. The van der Waals surface area contributed by atoms with Gasteiger partial charge >= 0.3 is 6.03 Å². The van der Waals surface area contributed by atoms with Crippen LogP contribution < -0.4 is 10.6 Å². The summed E-state index contributed by atoms with van der Waals surface area (Å²) in [6.45, 7) is 3.08. The number of urea groups is 1. The van der Waals surface area contributed by atoms with Crippen LogP contribution in [0.1, 0.15) is 13.3 Å². The van der Waals surface area contributed by atoms with Crippen molar-refractivity contribution in [1.29, 1.82) is 0 Å². The molecule has 2 heterocycles. The van der Waals surface area contributed by atoms with Gasteiger partial charge in [0, 0.05) is 19.3 Å². The molecule has 1 fully saturated rings. The zero-order valence-corrected chi connectivity index (χ0v) is 11.6. The number of hydrogen-bond acceptors (Lipinski definition) is 4. The molecule has 0 aliphatic carbocycles. The zero-order valence-electron chi connectivity index (χ0n) is 10.8. The van der Waals surface area contributed by atoms with Crippen LogP contribution in [-0.4, -0.2) is 42.3 Å². The van der Waals surface area contributed by atoms with Crippen LogP contribution in [0.3, 0.4) is 0 Å². The summed E-state index contributed by atoms with van der Waals surface area (Å²) >= 11 is 0. The van der Waals surface area contributed by atoms with Crippen molar-refractivity contribution in [3.63, 3.8) is 0 Å². The molecule has 0 bridgehead atoms. The van der Waals surface area contributed by atoms with Crippen molar-refractivity contribution >= 4 is 21.6 Å². The van der Waals surface area contributed by atoms with Gasteiger partial charge in [-0.25, -0.2) is 13.2 Å². The normalized spacial score (nSPS) is 21.2. The lowest BCUT2D eigenvalue weighted by Gasteiger charge is -2.09. The lowest BCUT2D eigenvalue weighted by atomic mass is 10.1. The number of rotatable bonds is 4. The van der Waals surface area contributed by atoms with Crippen molar-refractivity contribution in [2.75, 3.05) is 23.4 Å². The SMILES string of the molecule is CCn1cc(NC(=O)NCC2CCS(=O)(=O)C2)cn1. The molecule has 7 nitrogen and oxygen atoms in total. The Balaban J connectivity index is 1.76. The number of aryl methyl sites for hydroxylation is 1. The van der Waals surface area contributed by atoms with Crippen molar-refractivity contribution < 1.29 is 13.2 Å². The smallest absolute Gasteiger partial charge is 0.319 e. The van der Waals surface area contributed by atoms with E-state index in [1.807, 2.05) is 6.92 Å². The maximum Gasteiger partial charge on any atom is 0.319 e. The minimum atomic E-state index is -2.89. The molecule has 19 heavy (non-hydrogen) atoms. The number of nitrogens with zero attached hydrogens (tertiary/aromatic N) is 2. The van der Waals surface area contributed by atoms with Gasteiger partial charge in [0.15, 0.2) is 9.84 Å². The molecule has 1 aliphatic rings. The average Bonchev–Trinajstić information content (AvgIpc) is 2.93. The van der Waals surface area contributed by atoms with E-state index < -0.39 is 9.84 Å². The molecule has 1 saturated heterocycles. The highest BCUT2D eigenvalue weighted by Gasteiger charge is 2.27. The van der Waals surface area contributed by atoms with E-state index in [2.05, 4.69) is 15.7 Å². The number of hydrogen-bond donors (Lipinski definition) is 2. The molecule has 1 unspecified atom stereocenters. The van der Waals surface area contributed by atoms with Gasteiger partial charge in [0.25, 0.3) is 0 Å². The van der Waals surface area contributed by atoms with Crippen LogP contribution in [0.15, 0.2) is 12.4 Å². The molecule has 1 atom stereocenters. The summed E-state index contributed by atoms with van der Waals surface area (Å²) in [5, 5.41) is 9.38. The van der Waals surface area contributed by atoms with E-state index in [0.29, 0.717) is 18.7 Å². The van der Waals surface area contributed by atoms with Crippen LogP contribution in [0.4, 0.5) is 10.5 Å². The molecule has 8 heteroatoms. The first kappa shape index (κ1) is 13.9. The highest BCUT2D eigenvalue weighted by Crippen LogP contribution is 2.17. The van der Waals surface area contributed by atoms with Gasteiger partial charge in [0.2, 0.25) is 0 Å². The maximum atomic E-state index is 11.6. The molecule has 1 aromatic rings. The van der Waals surface area contributed by atoms with Gasteiger partial charge in [0.1, 0.15) is 0 Å². The molecule has 2 amide bonds. The number of nitrogens with one attached hydrogen (secondary N) is 2.